The molecule has 4 aromatic rings. The summed E-state index contributed by atoms with van der Waals surface area (Å²) in [6.45, 7) is -1.27. The number of nitrogens with one attached hydrogen (secondary N) is 1. The van der Waals surface area contributed by atoms with Crippen LogP contribution >= 0.6 is 11.3 Å². The lowest BCUT2D eigenvalue weighted by atomic mass is 10.1. The molecule has 1 saturated heterocycles. The van der Waals surface area contributed by atoms with Crippen molar-refractivity contribution in [1.82, 2.24) is 24.6 Å². The minimum atomic E-state index is -4.95. The van der Waals surface area contributed by atoms with Gasteiger partial charge in [-0.1, -0.05) is 23.5 Å². The van der Waals surface area contributed by atoms with Crippen molar-refractivity contribution < 1.29 is 66.6 Å². The number of anilines is 1. The molecule has 0 aliphatic carbocycles. The van der Waals surface area contributed by atoms with Crippen LogP contribution in [-0.4, -0.2) is 78.2 Å². The number of alkyl halides is 10. The van der Waals surface area contributed by atoms with Gasteiger partial charge in [-0.25, -0.2) is 18.4 Å². The van der Waals surface area contributed by atoms with Gasteiger partial charge in [-0.3, -0.25) is 4.79 Å². The second-order valence-electron chi connectivity index (χ2n) is 10.3. The molecule has 5 rings (SSSR count). The number of thiazole rings is 1. The first-order valence-corrected chi connectivity index (χ1v) is 16.0. The molecule has 3 heterocycles. The van der Waals surface area contributed by atoms with Gasteiger partial charge in [-0.15, -0.1) is 13.2 Å². The SMILES string of the molecule is O=C(NCc1ccc(OC(F)(F)F)cc1)[C@H]1CN(c2nc3nc(C(F)(F)F)ncc3s2)CCN1S(=O)(=O)c1ccc(OC(F)(F)C(F)F)cc1. The lowest BCUT2D eigenvalue weighted by Gasteiger charge is -2.39. The molecule has 270 valence electrons. The van der Waals surface area contributed by atoms with Crippen LogP contribution in [-0.2, 0) is 27.5 Å². The molecule has 50 heavy (non-hydrogen) atoms. The number of amides is 1. The smallest absolute Gasteiger partial charge is 0.428 e. The van der Waals surface area contributed by atoms with Gasteiger partial charge in [0.1, 0.15) is 17.5 Å². The second-order valence-corrected chi connectivity index (χ2v) is 13.2. The number of nitrogens with zero attached hydrogens (tertiary/aromatic N) is 5. The van der Waals surface area contributed by atoms with Crippen LogP contribution in [0.1, 0.15) is 11.4 Å². The zero-order valence-electron chi connectivity index (χ0n) is 24.6. The highest BCUT2D eigenvalue weighted by molar-refractivity contribution is 7.89. The zero-order valence-corrected chi connectivity index (χ0v) is 26.2. The zero-order chi connectivity index (χ0) is 36.6. The van der Waals surface area contributed by atoms with E-state index in [1.54, 1.807) is 0 Å². The third-order valence-corrected chi connectivity index (χ3v) is 9.82. The van der Waals surface area contributed by atoms with Crippen LogP contribution in [0.4, 0.5) is 49.0 Å². The molecule has 1 N–H and O–H groups in total. The Labute approximate surface area is 278 Å². The Morgan fingerprint density at radius 1 is 0.920 bits per heavy atom. The summed E-state index contributed by atoms with van der Waals surface area (Å²) in [5.41, 5.74) is -0.0163. The maximum Gasteiger partial charge on any atom is 0.573 e. The van der Waals surface area contributed by atoms with E-state index in [4.69, 9.17) is 0 Å². The van der Waals surface area contributed by atoms with Gasteiger partial charge in [0, 0.05) is 26.2 Å². The topological polar surface area (TPSA) is 127 Å². The lowest BCUT2D eigenvalue weighted by molar-refractivity contribution is -0.274. The molecule has 1 atom stereocenters. The molecule has 0 saturated carbocycles. The number of hydrogen-bond acceptors (Lipinski definition) is 10. The van der Waals surface area contributed by atoms with Crippen molar-refractivity contribution in [2.45, 2.75) is 42.6 Å². The molecule has 0 unspecified atom stereocenters. The number of carbonyl (C=O) groups is 1. The fourth-order valence-corrected chi connectivity index (χ4v) is 7.05. The second kappa shape index (κ2) is 13.7. The Morgan fingerprint density at radius 2 is 1.54 bits per heavy atom. The summed E-state index contributed by atoms with van der Waals surface area (Å²) in [7, 11) is -4.62. The van der Waals surface area contributed by atoms with E-state index in [1.165, 1.54) is 17.0 Å². The Balaban J connectivity index is 1.40. The molecule has 0 spiro atoms. The van der Waals surface area contributed by atoms with Crippen molar-refractivity contribution in [2.24, 2.45) is 0 Å². The highest BCUT2D eigenvalue weighted by Crippen LogP contribution is 2.34. The standard InChI is InChI=1S/C27H20F10N6O5S2/c28-22(29)26(33,34)47-15-5-7-17(8-6-15)50(45,46)43-10-9-42(24-41-20-19(49-24)12-39-23(40-20)25(30,31)32)13-18(43)21(44)38-11-14-1-3-16(4-2-14)48-27(35,36)37/h1-8,12,18,22H,9-11,13H2,(H,38,44)/t18-/m1/s1. The van der Waals surface area contributed by atoms with Gasteiger partial charge in [-0.05, 0) is 42.0 Å². The highest BCUT2D eigenvalue weighted by Gasteiger charge is 2.45. The number of hydrogen-bond donors (Lipinski definition) is 1. The number of sulfonamides is 1. The van der Waals surface area contributed by atoms with Crippen molar-refractivity contribution in [1.29, 1.82) is 0 Å². The monoisotopic (exact) mass is 762 g/mol. The van der Waals surface area contributed by atoms with Crippen molar-refractivity contribution in [3.05, 3.63) is 66.1 Å². The number of benzene rings is 2. The third-order valence-electron chi connectivity index (χ3n) is 6.86. The summed E-state index contributed by atoms with van der Waals surface area (Å²) in [4.78, 5) is 25.2. The van der Waals surface area contributed by atoms with E-state index >= 15 is 0 Å². The van der Waals surface area contributed by atoms with Crippen molar-refractivity contribution in [2.75, 3.05) is 24.5 Å². The number of carbonyl (C=O) groups excluding carboxylic acids is 1. The fourth-order valence-electron chi connectivity index (χ4n) is 4.57. The minimum Gasteiger partial charge on any atom is -0.428 e. The van der Waals surface area contributed by atoms with Crippen LogP contribution in [0.25, 0.3) is 10.3 Å². The van der Waals surface area contributed by atoms with E-state index in [0.29, 0.717) is 12.1 Å². The number of aromatic nitrogens is 3. The average Bonchev–Trinajstić information content (AvgIpc) is 3.47. The van der Waals surface area contributed by atoms with Crippen LogP contribution in [0.5, 0.6) is 11.5 Å². The summed E-state index contributed by atoms with van der Waals surface area (Å²) in [6, 6.07) is 5.83. The van der Waals surface area contributed by atoms with Crippen LogP contribution in [0.2, 0.25) is 0 Å². The van der Waals surface area contributed by atoms with Gasteiger partial charge >= 0.3 is 25.1 Å². The number of piperazine rings is 1. The quantitative estimate of drug-likeness (QED) is 0.211. The molecule has 11 nitrogen and oxygen atoms in total. The predicted molar refractivity (Wildman–Crippen MR) is 153 cm³/mol. The largest absolute Gasteiger partial charge is 0.573 e. The van der Waals surface area contributed by atoms with Crippen molar-refractivity contribution >= 4 is 42.7 Å². The molecule has 1 aliphatic heterocycles. The van der Waals surface area contributed by atoms with E-state index in [2.05, 4.69) is 29.7 Å². The van der Waals surface area contributed by atoms with E-state index in [9.17, 15) is 57.1 Å². The van der Waals surface area contributed by atoms with Crippen LogP contribution in [0, 0.1) is 0 Å². The Kier molecular flexibility index (Phi) is 10.0. The molecule has 1 fully saturated rings. The number of rotatable bonds is 10. The van der Waals surface area contributed by atoms with Gasteiger partial charge in [0.15, 0.2) is 10.8 Å². The van der Waals surface area contributed by atoms with E-state index in [-0.39, 0.29) is 34.1 Å². The molecular weight excluding hydrogens is 742 g/mol. The Morgan fingerprint density at radius 3 is 2.14 bits per heavy atom. The number of ether oxygens (including phenoxy) is 2. The normalized spacial score (nSPS) is 16.5. The van der Waals surface area contributed by atoms with Crippen LogP contribution in [0.15, 0.2) is 59.6 Å². The first-order valence-electron chi connectivity index (χ1n) is 13.8. The average molecular weight is 763 g/mol. The molecular formula is C27H20F10N6O5S2. The molecule has 0 bridgehead atoms. The Hall–Kier alpha value is -4.51. The summed E-state index contributed by atoms with van der Waals surface area (Å²) in [6.07, 6.45) is -17.9. The summed E-state index contributed by atoms with van der Waals surface area (Å²) in [5, 5.41) is 2.56. The molecule has 1 amide bonds. The maximum absolute atomic E-state index is 13.7. The summed E-state index contributed by atoms with van der Waals surface area (Å²) in [5.74, 6) is -3.68. The third kappa shape index (κ3) is 8.43. The van der Waals surface area contributed by atoms with Gasteiger partial charge in [0.25, 0.3) is 0 Å². The maximum atomic E-state index is 13.7. The van der Waals surface area contributed by atoms with E-state index in [0.717, 1.165) is 46.1 Å². The first-order chi connectivity index (χ1) is 23.2. The molecule has 1 aliphatic rings. The highest BCUT2D eigenvalue weighted by atomic mass is 32.2. The van der Waals surface area contributed by atoms with E-state index < -0.39 is 82.4 Å². The first kappa shape index (κ1) is 36.8. The van der Waals surface area contributed by atoms with Crippen LogP contribution < -0.4 is 19.7 Å². The summed E-state index contributed by atoms with van der Waals surface area (Å²) >= 11 is 0.868. The fraction of sp³-hybridized carbons (Fsp3) is 0.333. The van der Waals surface area contributed by atoms with Gasteiger partial charge < -0.3 is 19.7 Å². The predicted octanol–water partition coefficient (Wildman–Crippen LogP) is 5.44. The van der Waals surface area contributed by atoms with E-state index in [1.807, 2.05) is 0 Å². The lowest BCUT2D eigenvalue weighted by Crippen LogP contribution is -2.60. The van der Waals surface area contributed by atoms with Crippen molar-refractivity contribution in [3.63, 3.8) is 0 Å². The molecule has 2 aromatic carbocycles. The van der Waals surface area contributed by atoms with Gasteiger partial charge in [0.05, 0.1) is 15.8 Å². The number of halogens is 10. The Bertz CT molecular complexity index is 1940. The molecule has 0 radical (unpaired) electrons. The van der Waals surface area contributed by atoms with Gasteiger partial charge in [-0.2, -0.15) is 40.0 Å². The minimum absolute atomic E-state index is 0.0742. The summed E-state index contributed by atoms with van der Waals surface area (Å²) < 4.78 is 165. The van der Waals surface area contributed by atoms with Crippen LogP contribution in [0.3, 0.4) is 0 Å². The van der Waals surface area contributed by atoms with Crippen molar-refractivity contribution in [3.8, 4) is 11.5 Å². The van der Waals surface area contributed by atoms with Gasteiger partial charge in [0.2, 0.25) is 21.8 Å². The molecule has 2 aromatic heterocycles. The number of fused-ring (bicyclic) bond motifs is 1. The molecule has 23 heteroatoms.